The van der Waals surface area contributed by atoms with Crippen LogP contribution in [0.1, 0.15) is 52.9 Å². The van der Waals surface area contributed by atoms with Crippen LogP contribution in [0.3, 0.4) is 0 Å². The third kappa shape index (κ3) is 5.35. The highest BCUT2D eigenvalue weighted by atomic mass is 16.5. The zero-order valence-corrected chi connectivity index (χ0v) is 12.7. The van der Waals surface area contributed by atoms with Crippen molar-refractivity contribution in [1.82, 2.24) is 0 Å². The molecule has 3 atom stereocenters. The lowest BCUT2D eigenvalue weighted by Crippen LogP contribution is -2.33. The van der Waals surface area contributed by atoms with Crippen molar-refractivity contribution in [2.45, 2.75) is 59.0 Å². The van der Waals surface area contributed by atoms with Gasteiger partial charge in [0.15, 0.2) is 0 Å². The minimum absolute atomic E-state index is 0.137. The molecule has 114 valence electrons. The van der Waals surface area contributed by atoms with E-state index in [2.05, 4.69) is 13.8 Å². The highest BCUT2D eigenvalue weighted by molar-refractivity contribution is 5.81. The second-order valence-electron chi connectivity index (χ2n) is 6.07. The maximum absolute atomic E-state index is 12.1. The van der Waals surface area contributed by atoms with Crippen LogP contribution in [0.5, 0.6) is 0 Å². The van der Waals surface area contributed by atoms with Gasteiger partial charge in [-0.3, -0.25) is 9.59 Å². The first-order valence-corrected chi connectivity index (χ1v) is 7.50. The Morgan fingerprint density at radius 2 is 1.75 bits per heavy atom. The predicted octanol–water partition coefficient (Wildman–Crippen LogP) is 3.41. The van der Waals surface area contributed by atoms with Gasteiger partial charge in [0.05, 0.1) is 17.9 Å². The summed E-state index contributed by atoms with van der Waals surface area (Å²) in [6.07, 6.45) is 7.42. The van der Waals surface area contributed by atoms with Crippen molar-refractivity contribution in [3.8, 4) is 0 Å². The molecule has 0 spiro atoms. The quantitative estimate of drug-likeness (QED) is 0.574. The molecule has 1 aliphatic carbocycles. The molecule has 0 aromatic carbocycles. The molecule has 4 heteroatoms. The molecular formula is C16H26O4. The number of carboxylic acid groups (broad SMARTS) is 1. The molecule has 0 aliphatic heterocycles. The number of carbonyl (C=O) groups excluding carboxylic acids is 1. The van der Waals surface area contributed by atoms with E-state index >= 15 is 0 Å². The highest BCUT2D eigenvalue weighted by Gasteiger charge is 2.35. The number of carbonyl (C=O) groups is 2. The lowest BCUT2D eigenvalue weighted by molar-refractivity contribution is -0.161. The summed E-state index contributed by atoms with van der Waals surface area (Å²) in [6.45, 7) is 6.22. The Hall–Kier alpha value is -1.32. The summed E-state index contributed by atoms with van der Waals surface area (Å²) in [5, 5.41) is 9.15. The fourth-order valence-electron chi connectivity index (χ4n) is 2.51. The summed E-state index contributed by atoms with van der Waals surface area (Å²) >= 11 is 0. The number of aliphatic carboxylic acids is 1. The van der Waals surface area contributed by atoms with Gasteiger partial charge in [-0.25, -0.2) is 0 Å². The fraction of sp³-hybridized carbons (Fsp3) is 0.750. The first-order valence-electron chi connectivity index (χ1n) is 7.50. The number of hydrogen-bond donors (Lipinski definition) is 1. The van der Waals surface area contributed by atoms with E-state index in [1.807, 2.05) is 19.1 Å². The van der Waals surface area contributed by atoms with Crippen LogP contribution in [0.2, 0.25) is 0 Å². The molecular weight excluding hydrogens is 256 g/mol. The van der Waals surface area contributed by atoms with Gasteiger partial charge >= 0.3 is 11.9 Å². The van der Waals surface area contributed by atoms with Crippen LogP contribution >= 0.6 is 0 Å². The third-order valence-electron chi connectivity index (χ3n) is 3.76. The van der Waals surface area contributed by atoms with Gasteiger partial charge in [0, 0.05) is 0 Å². The first kappa shape index (κ1) is 16.7. The molecule has 20 heavy (non-hydrogen) atoms. The van der Waals surface area contributed by atoms with Crippen LogP contribution in [0.25, 0.3) is 0 Å². The second-order valence-corrected chi connectivity index (χ2v) is 6.07. The van der Waals surface area contributed by atoms with Gasteiger partial charge in [-0.15, -0.1) is 0 Å². The number of rotatable bonds is 7. The molecule has 1 N–H and O–H groups in total. The zero-order valence-electron chi connectivity index (χ0n) is 12.7. The van der Waals surface area contributed by atoms with Crippen LogP contribution in [0, 0.1) is 17.8 Å². The van der Waals surface area contributed by atoms with Gasteiger partial charge in [0.1, 0.15) is 0 Å². The number of hydrogen-bond acceptors (Lipinski definition) is 3. The Morgan fingerprint density at radius 1 is 1.15 bits per heavy atom. The maximum atomic E-state index is 12.1. The van der Waals surface area contributed by atoms with E-state index in [0.717, 1.165) is 19.3 Å². The molecule has 0 fully saturated rings. The zero-order chi connectivity index (χ0) is 15.1. The Morgan fingerprint density at radius 3 is 2.30 bits per heavy atom. The van der Waals surface area contributed by atoms with E-state index in [1.165, 1.54) is 0 Å². The Kier molecular flexibility index (Phi) is 6.76. The largest absolute Gasteiger partial charge is 0.481 e. The first-order chi connectivity index (χ1) is 9.41. The maximum Gasteiger partial charge on any atom is 0.310 e. The predicted molar refractivity (Wildman–Crippen MR) is 77.2 cm³/mol. The Balaban J connectivity index is 2.44. The van der Waals surface area contributed by atoms with Crippen molar-refractivity contribution in [3.05, 3.63) is 12.2 Å². The van der Waals surface area contributed by atoms with Crippen LogP contribution < -0.4 is 0 Å². The SMILES string of the molecule is CC(C)CCCC(C)OC(=O)C1CC=CCC1C(=O)O. The molecule has 0 saturated heterocycles. The lowest BCUT2D eigenvalue weighted by Gasteiger charge is -2.25. The van der Waals surface area contributed by atoms with Crippen LogP contribution in [-0.2, 0) is 14.3 Å². The van der Waals surface area contributed by atoms with Crippen LogP contribution in [0.15, 0.2) is 12.2 Å². The molecule has 0 aromatic rings. The molecule has 3 unspecified atom stereocenters. The highest BCUT2D eigenvalue weighted by Crippen LogP contribution is 2.27. The molecule has 0 radical (unpaired) electrons. The summed E-state index contributed by atoms with van der Waals surface area (Å²) in [5.74, 6) is -1.80. The average molecular weight is 282 g/mol. The van der Waals surface area contributed by atoms with Gasteiger partial charge in [-0.05, 0) is 38.5 Å². The van der Waals surface area contributed by atoms with Gasteiger partial charge in [0.25, 0.3) is 0 Å². The molecule has 0 aromatic heterocycles. The number of allylic oxidation sites excluding steroid dienone is 2. The van der Waals surface area contributed by atoms with E-state index < -0.39 is 17.8 Å². The van der Waals surface area contributed by atoms with Crippen molar-refractivity contribution in [2.75, 3.05) is 0 Å². The standard InChI is InChI=1S/C16H26O4/c1-11(2)7-6-8-12(3)20-16(19)14-10-5-4-9-13(14)15(17)18/h4-5,11-14H,6-10H2,1-3H3,(H,17,18). The van der Waals surface area contributed by atoms with E-state index in [-0.39, 0.29) is 12.1 Å². The summed E-state index contributed by atoms with van der Waals surface area (Å²) in [6, 6.07) is 0. The smallest absolute Gasteiger partial charge is 0.310 e. The monoisotopic (exact) mass is 282 g/mol. The minimum Gasteiger partial charge on any atom is -0.481 e. The van der Waals surface area contributed by atoms with Crippen molar-refractivity contribution in [3.63, 3.8) is 0 Å². The van der Waals surface area contributed by atoms with E-state index in [1.54, 1.807) is 0 Å². The van der Waals surface area contributed by atoms with E-state index in [9.17, 15) is 9.59 Å². The summed E-state index contributed by atoms with van der Waals surface area (Å²) in [4.78, 5) is 23.3. The lowest BCUT2D eigenvalue weighted by atomic mass is 9.83. The van der Waals surface area contributed by atoms with Crippen molar-refractivity contribution in [2.24, 2.45) is 17.8 Å². The molecule has 4 nitrogen and oxygen atoms in total. The topological polar surface area (TPSA) is 63.6 Å². The minimum atomic E-state index is -0.913. The van der Waals surface area contributed by atoms with Crippen molar-refractivity contribution < 1.29 is 19.4 Å². The summed E-state index contributed by atoms with van der Waals surface area (Å²) in [7, 11) is 0. The van der Waals surface area contributed by atoms with Crippen molar-refractivity contribution >= 4 is 11.9 Å². The van der Waals surface area contributed by atoms with E-state index in [0.29, 0.717) is 18.8 Å². The van der Waals surface area contributed by atoms with Gasteiger partial charge < -0.3 is 9.84 Å². The van der Waals surface area contributed by atoms with Crippen molar-refractivity contribution in [1.29, 1.82) is 0 Å². The van der Waals surface area contributed by atoms with Gasteiger partial charge in [0.2, 0.25) is 0 Å². The molecule has 0 heterocycles. The number of esters is 1. The fourth-order valence-corrected chi connectivity index (χ4v) is 2.51. The number of ether oxygens (including phenoxy) is 1. The summed E-state index contributed by atoms with van der Waals surface area (Å²) < 4.78 is 5.42. The third-order valence-corrected chi connectivity index (χ3v) is 3.76. The molecule has 0 bridgehead atoms. The van der Waals surface area contributed by atoms with Crippen LogP contribution in [0.4, 0.5) is 0 Å². The molecule has 0 amide bonds. The van der Waals surface area contributed by atoms with Crippen LogP contribution in [-0.4, -0.2) is 23.1 Å². The second kappa shape index (κ2) is 8.08. The molecule has 0 saturated carbocycles. The Labute approximate surface area is 121 Å². The molecule has 1 aliphatic rings. The number of carboxylic acids is 1. The average Bonchev–Trinajstić information content (AvgIpc) is 2.38. The summed E-state index contributed by atoms with van der Waals surface area (Å²) in [5.41, 5.74) is 0. The molecule has 1 rings (SSSR count). The van der Waals surface area contributed by atoms with Gasteiger partial charge in [-0.1, -0.05) is 32.4 Å². The van der Waals surface area contributed by atoms with Gasteiger partial charge in [-0.2, -0.15) is 0 Å². The normalized spacial score (nSPS) is 23.6. The Bertz CT molecular complexity index is 359. The van der Waals surface area contributed by atoms with E-state index in [4.69, 9.17) is 9.84 Å².